The molecule has 62 valence electrons. The van der Waals surface area contributed by atoms with E-state index in [4.69, 9.17) is 4.42 Å². The fourth-order valence-electron chi connectivity index (χ4n) is 0.932. The van der Waals surface area contributed by atoms with Gasteiger partial charge in [0.05, 0.1) is 22.7 Å². The monoisotopic (exact) mass is 243 g/mol. The van der Waals surface area contributed by atoms with Gasteiger partial charge in [0.15, 0.2) is 0 Å². The van der Waals surface area contributed by atoms with E-state index in [-0.39, 0.29) is 0 Å². The summed E-state index contributed by atoms with van der Waals surface area (Å²) in [7, 11) is 0. The third-order valence-electron chi connectivity index (χ3n) is 1.43. The van der Waals surface area contributed by atoms with Gasteiger partial charge in [-0.15, -0.1) is 11.3 Å². The van der Waals surface area contributed by atoms with Crippen LogP contribution in [0, 0.1) is 0 Å². The highest BCUT2D eigenvalue weighted by atomic mass is 79.9. The summed E-state index contributed by atoms with van der Waals surface area (Å²) in [6.45, 7) is 0. The van der Waals surface area contributed by atoms with Crippen LogP contribution in [0.3, 0.4) is 0 Å². The summed E-state index contributed by atoms with van der Waals surface area (Å²) >= 11 is 4.99. The number of furan rings is 1. The Balaban J connectivity index is 2.14. The lowest BCUT2D eigenvalue weighted by molar-refractivity contribution is 0.520. The van der Waals surface area contributed by atoms with Crippen molar-refractivity contribution in [1.29, 1.82) is 0 Å². The second-order valence-corrected chi connectivity index (χ2v) is 4.81. The van der Waals surface area contributed by atoms with Crippen LogP contribution < -0.4 is 0 Å². The number of aromatic nitrogens is 1. The first-order valence-corrected chi connectivity index (χ1v) is 5.08. The summed E-state index contributed by atoms with van der Waals surface area (Å²) in [6, 6.07) is 3.84. The topological polar surface area (TPSA) is 26.0 Å². The Kier molecular flexibility index (Phi) is 2.28. The number of rotatable bonds is 2. The van der Waals surface area contributed by atoms with Crippen molar-refractivity contribution < 1.29 is 4.42 Å². The van der Waals surface area contributed by atoms with Crippen LogP contribution in [0.25, 0.3) is 0 Å². The Hall–Kier alpha value is -0.610. The zero-order chi connectivity index (χ0) is 8.39. The van der Waals surface area contributed by atoms with Gasteiger partial charge in [-0.2, -0.15) is 0 Å². The van der Waals surface area contributed by atoms with E-state index in [1.807, 2.05) is 18.3 Å². The molecule has 0 saturated heterocycles. The molecule has 0 N–H and O–H groups in total. The second kappa shape index (κ2) is 3.41. The van der Waals surface area contributed by atoms with E-state index in [0.29, 0.717) is 0 Å². The van der Waals surface area contributed by atoms with Crippen LogP contribution in [-0.4, -0.2) is 4.98 Å². The molecule has 0 aliphatic rings. The molecular weight excluding hydrogens is 238 g/mol. The molecule has 0 unspecified atom stereocenters. The van der Waals surface area contributed by atoms with Gasteiger partial charge in [-0.3, -0.25) is 0 Å². The summed E-state index contributed by atoms with van der Waals surface area (Å²) in [5.74, 6) is 0.955. The molecule has 2 aromatic rings. The number of hydrogen-bond acceptors (Lipinski definition) is 3. The van der Waals surface area contributed by atoms with Crippen LogP contribution in [0.2, 0.25) is 0 Å². The maximum atomic E-state index is 5.20. The minimum Gasteiger partial charge on any atom is -0.469 e. The van der Waals surface area contributed by atoms with Crippen molar-refractivity contribution in [1.82, 2.24) is 4.98 Å². The predicted molar refractivity (Wildman–Crippen MR) is 51.3 cm³/mol. The Bertz CT molecular complexity index is 355. The summed E-state index contributed by atoms with van der Waals surface area (Å²) in [5.41, 5.74) is 0. The molecule has 0 bridgehead atoms. The Labute approximate surface area is 82.4 Å². The Morgan fingerprint density at radius 3 is 3.08 bits per heavy atom. The van der Waals surface area contributed by atoms with Crippen LogP contribution in [0.1, 0.15) is 10.8 Å². The molecule has 0 aliphatic carbocycles. The van der Waals surface area contributed by atoms with Crippen LogP contribution in [0.15, 0.2) is 32.8 Å². The first-order chi connectivity index (χ1) is 5.84. The van der Waals surface area contributed by atoms with Crippen molar-refractivity contribution in [2.45, 2.75) is 6.42 Å². The maximum Gasteiger partial charge on any atom is 0.110 e. The fraction of sp³-hybridized carbons (Fsp3) is 0.125. The molecule has 0 aromatic carbocycles. The van der Waals surface area contributed by atoms with Gasteiger partial charge in [-0.25, -0.2) is 4.98 Å². The molecule has 2 heterocycles. The lowest BCUT2D eigenvalue weighted by atomic mass is 10.3. The smallest absolute Gasteiger partial charge is 0.110 e. The van der Waals surface area contributed by atoms with Crippen LogP contribution >= 0.6 is 27.3 Å². The van der Waals surface area contributed by atoms with E-state index in [0.717, 1.165) is 21.0 Å². The highest BCUT2D eigenvalue weighted by Crippen LogP contribution is 2.21. The van der Waals surface area contributed by atoms with Crippen molar-refractivity contribution in [3.8, 4) is 0 Å². The zero-order valence-corrected chi connectivity index (χ0v) is 8.56. The first kappa shape index (κ1) is 8.01. The van der Waals surface area contributed by atoms with Crippen LogP contribution in [-0.2, 0) is 6.42 Å². The maximum absolute atomic E-state index is 5.20. The van der Waals surface area contributed by atoms with E-state index >= 15 is 0 Å². The van der Waals surface area contributed by atoms with Crippen molar-refractivity contribution in [2.75, 3.05) is 0 Å². The Morgan fingerprint density at radius 1 is 1.58 bits per heavy atom. The lowest BCUT2D eigenvalue weighted by Gasteiger charge is -1.88. The molecule has 0 spiro atoms. The van der Waals surface area contributed by atoms with E-state index in [1.165, 1.54) is 0 Å². The van der Waals surface area contributed by atoms with Gasteiger partial charge in [0.25, 0.3) is 0 Å². The quantitative estimate of drug-likeness (QED) is 0.811. The van der Waals surface area contributed by atoms with E-state index in [1.54, 1.807) is 17.6 Å². The average molecular weight is 244 g/mol. The molecule has 2 nitrogen and oxygen atoms in total. The summed E-state index contributed by atoms with van der Waals surface area (Å²) in [5, 5.41) is 1.07. The first-order valence-electron chi connectivity index (χ1n) is 3.47. The van der Waals surface area contributed by atoms with Gasteiger partial charge in [0.1, 0.15) is 10.8 Å². The molecule has 0 radical (unpaired) electrons. The van der Waals surface area contributed by atoms with Crippen molar-refractivity contribution in [2.24, 2.45) is 0 Å². The molecule has 0 fully saturated rings. The van der Waals surface area contributed by atoms with Crippen molar-refractivity contribution in [3.63, 3.8) is 0 Å². The standard InChI is InChI=1S/C8H6BrNOS/c9-7-5-10-8(12-7)4-6-2-1-3-11-6/h1-3,5H,4H2. The van der Waals surface area contributed by atoms with Crippen LogP contribution in [0.4, 0.5) is 0 Å². The normalized spacial score (nSPS) is 10.4. The minimum absolute atomic E-state index is 0.781. The molecule has 2 aromatic heterocycles. The number of halogens is 1. The molecule has 12 heavy (non-hydrogen) atoms. The van der Waals surface area contributed by atoms with Gasteiger partial charge in [-0.1, -0.05) is 0 Å². The highest BCUT2D eigenvalue weighted by Gasteiger charge is 2.02. The highest BCUT2D eigenvalue weighted by molar-refractivity contribution is 9.11. The van der Waals surface area contributed by atoms with E-state index in [2.05, 4.69) is 20.9 Å². The van der Waals surface area contributed by atoms with Gasteiger partial charge in [0, 0.05) is 0 Å². The second-order valence-electron chi connectivity index (χ2n) is 2.31. The van der Waals surface area contributed by atoms with E-state index in [9.17, 15) is 0 Å². The van der Waals surface area contributed by atoms with Crippen LogP contribution in [0.5, 0.6) is 0 Å². The fourth-order valence-corrected chi connectivity index (χ4v) is 2.25. The van der Waals surface area contributed by atoms with Crippen molar-refractivity contribution >= 4 is 27.3 Å². The Morgan fingerprint density at radius 2 is 2.50 bits per heavy atom. The predicted octanol–water partition coefficient (Wildman–Crippen LogP) is 3.09. The SMILES string of the molecule is Brc1cnc(Cc2ccco2)s1. The number of hydrogen-bond donors (Lipinski definition) is 0. The minimum atomic E-state index is 0.781. The number of thiazole rings is 1. The summed E-state index contributed by atoms with van der Waals surface area (Å²) in [4.78, 5) is 4.20. The van der Waals surface area contributed by atoms with Gasteiger partial charge in [-0.05, 0) is 28.1 Å². The lowest BCUT2D eigenvalue weighted by Crippen LogP contribution is -1.81. The third kappa shape index (κ3) is 1.76. The molecule has 0 atom stereocenters. The van der Waals surface area contributed by atoms with Gasteiger partial charge < -0.3 is 4.42 Å². The largest absolute Gasteiger partial charge is 0.469 e. The molecule has 0 amide bonds. The molecular formula is C8H6BrNOS. The number of nitrogens with zero attached hydrogens (tertiary/aromatic N) is 1. The zero-order valence-electron chi connectivity index (χ0n) is 6.16. The molecule has 2 rings (SSSR count). The molecule has 4 heteroatoms. The summed E-state index contributed by atoms with van der Waals surface area (Å²) < 4.78 is 6.26. The van der Waals surface area contributed by atoms with Gasteiger partial charge >= 0.3 is 0 Å². The van der Waals surface area contributed by atoms with E-state index < -0.39 is 0 Å². The average Bonchev–Trinajstić information content (AvgIpc) is 2.63. The molecule has 0 saturated carbocycles. The molecule has 0 aliphatic heterocycles. The van der Waals surface area contributed by atoms with Crippen molar-refractivity contribution in [3.05, 3.63) is 39.1 Å². The van der Waals surface area contributed by atoms with Gasteiger partial charge in [0.2, 0.25) is 0 Å². The summed E-state index contributed by atoms with van der Waals surface area (Å²) in [6.07, 6.45) is 4.27. The third-order valence-corrected chi connectivity index (χ3v) is 2.91.